The molecule has 18 heavy (non-hydrogen) atoms. The summed E-state index contributed by atoms with van der Waals surface area (Å²) in [6.45, 7) is 3.59. The Morgan fingerprint density at radius 3 is 2.94 bits per heavy atom. The average molecular weight is 248 g/mol. The molecule has 1 atom stereocenters. The smallest absolute Gasteiger partial charge is 0.249 e. The fraction of sp³-hybridized carbons (Fsp3) is 0.583. The van der Waals surface area contributed by atoms with E-state index in [0.29, 0.717) is 12.8 Å². The molecule has 2 amide bonds. The summed E-state index contributed by atoms with van der Waals surface area (Å²) in [6.07, 6.45) is 1.86. The average Bonchev–Trinajstić information content (AvgIpc) is 2.66. The maximum atomic E-state index is 11.9. The lowest BCUT2D eigenvalue weighted by Crippen LogP contribution is -2.42. The van der Waals surface area contributed by atoms with Crippen LogP contribution in [-0.4, -0.2) is 27.9 Å². The normalized spacial score (nSPS) is 23.7. The molecule has 2 N–H and O–H groups in total. The summed E-state index contributed by atoms with van der Waals surface area (Å²) in [5.74, 6) is 0.482. The number of fused-ring (bicyclic) bond motifs is 1. The summed E-state index contributed by atoms with van der Waals surface area (Å²) in [5.41, 5.74) is 2.17. The Hall–Kier alpha value is -1.69. The third kappa shape index (κ3) is 1.73. The monoisotopic (exact) mass is 248 g/mol. The number of aryl methyl sites for hydroxylation is 1. The molecule has 2 aliphatic rings. The molecule has 1 aromatic heterocycles. The first kappa shape index (κ1) is 11.4. The zero-order valence-electron chi connectivity index (χ0n) is 10.3. The molecule has 6 heteroatoms. The van der Waals surface area contributed by atoms with Crippen molar-refractivity contribution < 1.29 is 9.59 Å². The van der Waals surface area contributed by atoms with Crippen molar-refractivity contribution in [1.29, 1.82) is 0 Å². The van der Waals surface area contributed by atoms with Gasteiger partial charge in [0.15, 0.2) is 0 Å². The minimum absolute atomic E-state index is 0.176. The number of imidazole rings is 1. The molecule has 1 aromatic rings. The highest BCUT2D eigenvalue weighted by molar-refractivity contribution is 5.99. The third-order valence-corrected chi connectivity index (χ3v) is 3.62. The molecule has 2 aliphatic heterocycles. The molecule has 3 rings (SSSR count). The van der Waals surface area contributed by atoms with Gasteiger partial charge >= 0.3 is 0 Å². The van der Waals surface area contributed by atoms with E-state index in [-0.39, 0.29) is 17.9 Å². The van der Waals surface area contributed by atoms with Gasteiger partial charge in [0.05, 0.1) is 5.69 Å². The van der Waals surface area contributed by atoms with Gasteiger partial charge in [-0.15, -0.1) is 0 Å². The quantitative estimate of drug-likeness (QED) is 0.676. The predicted molar refractivity (Wildman–Crippen MR) is 63.8 cm³/mol. The zero-order chi connectivity index (χ0) is 12.7. The molecular weight excluding hydrogens is 232 g/mol. The summed E-state index contributed by atoms with van der Waals surface area (Å²) in [7, 11) is 0. The van der Waals surface area contributed by atoms with Crippen LogP contribution in [0.15, 0.2) is 0 Å². The van der Waals surface area contributed by atoms with Crippen LogP contribution in [0.1, 0.15) is 36.1 Å². The molecule has 0 aliphatic carbocycles. The van der Waals surface area contributed by atoms with Crippen LogP contribution < -0.4 is 10.6 Å². The summed E-state index contributed by atoms with van der Waals surface area (Å²) in [5, 5.41) is 5.68. The molecule has 6 nitrogen and oxygen atoms in total. The largest absolute Gasteiger partial charge is 0.319 e. The minimum Gasteiger partial charge on any atom is -0.319 e. The van der Waals surface area contributed by atoms with Crippen LogP contribution in [0.5, 0.6) is 0 Å². The van der Waals surface area contributed by atoms with Gasteiger partial charge in [0.2, 0.25) is 11.8 Å². The first-order valence-corrected chi connectivity index (χ1v) is 6.28. The van der Waals surface area contributed by atoms with E-state index in [9.17, 15) is 9.59 Å². The number of hydrogen-bond donors (Lipinski definition) is 2. The van der Waals surface area contributed by atoms with Crippen molar-refractivity contribution >= 4 is 11.8 Å². The van der Waals surface area contributed by atoms with E-state index in [4.69, 9.17) is 0 Å². The fourth-order valence-corrected chi connectivity index (χ4v) is 2.81. The number of imide groups is 1. The molecule has 0 spiro atoms. The molecule has 1 fully saturated rings. The second kappa shape index (κ2) is 4.20. The van der Waals surface area contributed by atoms with Gasteiger partial charge in [-0.1, -0.05) is 0 Å². The van der Waals surface area contributed by atoms with Crippen molar-refractivity contribution in [3.8, 4) is 0 Å². The Labute approximate surface area is 105 Å². The molecule has 1 saturated heterocycles. The number of carbonyl (C=O) groups excluding carboxylic acids is 2. The highest BCUT2D eigenvalue weighted by Crippen LogP contribution is 2.26. The SMILES string of the molecule is Cc1nc2c(n1C1CCC(=O)NC1=O)CCNC2. The Bertz CT molecular complexity index is 520. The highest BCUT2D eigenvalue weighted by Gasteiger charge is 2.32. The van der Waals surface area contributed by atoms with E-state index in [1.807, 2.05) is 11.5 Å². The number of aromatic nitrogens is 2. The second-order valence-electron chi connectivity index (χ2n) is 4.82. The van der Waals surface area contributed by atoms with Crippen LogP contribution in [0.3, 0.4) is 0 Å². The van der Waals surface area contributed by atoms with Crippen molar-refractivity contribution in [1.82, 2.24) is 20.2 Å². The lowest BCUT2D eigenvalue weighted by Gasteiger charge is -2.26. The fourth-order valence-electron chi connectivity index (χ4n) is 2.81. The number of amides is 2. The number of nitrogens with zero attached hydrogens (tertiary/aromatic N) is 2. The summed E-state index contributed by atoms with van der Waals surface area (Å²) >= 11 is 0. The Balaban J connectivity index is 1.99. The van der Waals surface area contributed by atoms with E-state index in [0.717, 1.165) is 36.7 Å². The van der Waals surface area contributed by atoms with Gasteiger partial charge < -0.3 is 9.88 Å². The van der Waals surface area contributed by atoms with Crippen molar-refractivity contribution in [3.05, 3.63) is 17.2 Å². The second-order valence-corrected chi connectivity index (χ2v) is 4.82. The molecule has 0 radical (unpaired) electrons. The van der Waals surface area contributed by atoms with Crippen LogP contribution >= 0.6 is 0 Å². The topological polar surface area (TPSA) is 76.0 Å². The number of hydrogen-bond acceptors (Lipinski definition) is 4. The Morgan fingerprint density at radius 1 is 1.33 bits per heavy atom. The van der Waals surface area contributed by atoms with Gasteiger partial charge in [-0.25, -0.2) is 4.98 Å². The number of nitrogens with one attached hydrogen (secondary N) is 2. The predicted octanol–water partition coefficient (Wildman–Crippen LogP) is -0.185. The van der Waals surface area contributed by atoms with Gasteiger partial charge in [-0.3, -0.25) is 14.9 Å². The lowest BCUT2D eigenvalue weighted by atomic mass is 10.0. The van der Waals surface area contributed by atoms with E-state index in [2.05, 4.69) is 15.6 Å². The van der Waals surface area contributed by atoms with E-state index in [1.165, 1.54) is 0 Å². The van der Waals surface area contributed by atoms with Gasteiger partial charge in [-0.05, 0) is 13.3 Å². The maximum Gasteiger partial charge on any atom is 0.249 e. The zero-order valence-corrected chi connectivity index (χ0v) is 10.3. The maximum absolute atomic E-state index is 11.9. The van der Waals surface area contributed by atoms with E-state index < -0.39 is 0 Å². The lowest BCUT2D eigenvalue weighted by molar-refractivity contribution is -0.135. The van der Waals surface area contributed by atoms with Crippen molar-refractivity contribution in [3.63, 3.8) is 0 Å². The number of carbonyl (C=O) groups is 2. The number of rotatable bonds is 1. The molecule has 0 bridgehead atoms. The van der Waals surface area contributed by atoms with E-state index >= 15 is 0 Å². The Morgan fingerprint density at radius 2 is 2.17 bits per heavy atom. The molecule has 96 valence electrons. The van der Waals surface area contributed by atoms with Crippen LogP contribution in [0.25, 0.3) is 0 Å². The van der Waals surface area contributed by atoms with Gasteiger partial charge in [0.1, 0.15) is 11.9 Å². The van der Waals surface area contributed by atoms with Crippen LogP contribution in [0.4, 0.5) is 0 Å². The van der Waals surface area contributed by atoms with Crippen LogP contribution in [0, 0.1) is 6.92 Å². The summed E-state index contributed by atoms with van der Waals surface area (Å²) in [4.78, 5) is 27.7. The summed E-state index contributed by atoms with van der Waals surface area (Å²) in [6, 6.07) is -0.281. The first-order valence-electron chi connectivity index (χ1n) is 6.28. The van der Waals surface area contributed by atoms with Crippen molar-refractivity contribution in [2.75, 3.05) is 6.54 Å². The molecule has 0 saturated carbocycles. The molecule has 3 heterocycles. The minimum atomic E-state index is -0.281. The Kier molecular flexibility index (Phi) is 2.66. The van der Waals surface area contributed by atoms with Gasteiger partial charge in [0.25, 0.3) is 0 Å². The van der Waals surface area contributed by atoms with Crippen LogP contribution in [-0.2, 0) is 22.6 Å². The first-order chi connectivity index (χ1) is 8.66. The highest BCUT2D eigenvalue weighted by atomic mass is 16.2. The molecule has 0 aromatic carbocycles. The summed E-state index contributed by atoms with van der Waals surface area (Å²) < 4.78 is 2.01. The van der Waals surface area contributed by atoms with Crippen LogP contribution in [0.2, 0.25) is 0 Å². The van der Waals surface area contributed by atoms with Crippen molar-refractivity contribution in [2.45, 2.75) is 38.8 Å². The van der Waals surface area contributed by atoms with Gasteiger partial charge in [0, 0.05) is 31.6 Å². The standard InChI is InChI=1S/C12H16N4O2/c1-7-14-8-6-13-5-4-9(8)16(7)10-2-3-11(17)15-12(10)18/h10,13H,2-6H2,1H3,(H,15,17,18). The van der Waals surface area contributed by atoms with Gasteiger partial charge in [-0.2, -0.15) is 0 Å². The molecular formula is C12H16N4O2. The van der Waals surface area contributed by atoms with Crippen molar-refractivity contribution in [2.24, 2.45) is 0 Å². The molecule has 1 unspecified atom stereocenters. The van der Waals surface area contributed by atoms with E-state index in [1.54, 1.807) is 0 Å². The number of piperidine rings is 1. The third-order valence-electron chi connectivity index (χ3n) is 3.62.